The van der Waals surface area contributed by atoms with Crippen LogP contribution in [0.1, 0.15) is 43.4 Å². The van der Waals surface area contributed by atoms with Gasteiger partial charge in [-0.15, -0.1) is 0 Å². The van der Waals surface area contributed by atoms with Crippen molar-refractivity contribution in [1.82, 2.24) is 20.2 Å². The summed E-state index contributed by atoms with van der Waals surface area (Å²) in [5.41, 5.74) is -1.09. The number of benzene rings is 1. The van der Waals surface area contributed by atoms with Gasteiger partial charge in [-0.1, -0.05) is 44.2 Å². The van der Waals surface area contributed by atoms with Crippen LogP contribution in [0.15, 0.2) is 67.0 Å². The average Bonchev–Trinajstić information content (AvgIpc) is 3.06. The molecule has 8 nitrogen and oxygen atoms in total. The Labute approximate surface area is 292 Å². The second-order valence-corrected chi connectivity index (χ2v) is 12.7. The van der Waals surface area contributed by atoms with Crippen molar-refractivity contribution in [1.29, 1.82) is 0 Å². The molecule has 0 bridgehead atoms. The summed E-state index contributed by atoms with van der Waals surface area (Å²) in [4.78, 5) is 20.6. The molecule has 0 aliphatic carbocycles. The second-order valence-electron chi connectivity index (χ2n) is 12.7. The molecule has 2 fully saturated rings. The predicted octanol–water partition coefficient (Wildman–Crippen LogP) is 8.27. The minimum absolute atomic E-state index is 0.0364. The minimum Gasteiger partial charge on any atom is -0.476 e. The molecule has 5 rings (SSSR count). The first-order valence-electron chi connectivity index (χ1n) is 16.0. The Bertz CT molecular complexity index is 1580. The summed E-state index contributed by atoms with van der Waals surface area (Å²) in [6.45, 7) is 1.76. The molecule has 2 aromatic heterocycles. The van der Waals surface area contributed by atoms with Crippen molar-refractivity contribution in [3.05, 3.63) is 83.7 Å². The number of halogens is 10. The van der Waals surface area contributed by atoms with Crippen LogP contribution >= 0.6 is 0 Å². The standard InChI is InChI=1S/C21H21F5N2O3.C13H15F5N2O/c1-14-9-20(22,23)13-28(19(29)31-11-15-5-3-2-4-6-15)17(14)12-30-18-8-7-16(10-27-18)21(24,25)26;1-8-4-12(14,15)7-20-10(8)6-21-11-3-2-9(5-19-11)13(16,17)18/h2-8,10,14,17H,9,11-13H2,1H3;2-3,5,8,10,20H,4,6-7H2,1H3/t14-,17-;8-,10-/m11/s1. The van der Waals surface area contributed by atoms with Crippen LogP contribution in [0.4, 0.5) is 48.7 Å². The van der Waals surface area contributed by atoms with Crippen molar-refractivity contribution in [3.8, 4) is 11.8 Å². The van der Waals surface area contributed by atoms with Crippen molar-refractivity contribution in [2.24, 2.45) is 11.8 Å². The van der Waals surface area contributed by atoms with Gasteiger partial charge in [-0.3, -0.25) is 4.90 Å². The number of likely N-dealkylation sites (tertiary alicyclic amines) is 1. The summed E-state index contributed by atoms with van der Waals surface area (Å²) in [6, 6.07) is 11.6. The van der Waals surface area contributed by atoms with Gasteiger partial charge in [-0.05, 0) is 29.5 Å². The van der Waals surface area contributed by atoms with E-state index >= 15 is 0 Å². The lowest BCUT2D eigenvalue weighted by Gasteiger charge is -2.42. The molecule has 0 unspecified atom stereocenters. The van der Waals surface area contributed by atoms with E-state index in [2.05, 4.69) is 15.3 Å². The summed E-state index contributed by atoms with van der Waals surface area (Å²) >= 11 is 0. The van der Waals surface area contributed by atoms with Crippen LogP contribution in [0.25, 0.3) is 0 Å². The van der Waals surface area contributed by atoms with Crippen LogP contribution in [0, 0.1) is 11.8 Å². The molecule has 2 aliphatic heterocycles. The molecule has 286 valence electrons. The van der Waals surface area contributed by atoms with Crippen molar-refractivity contribution < 1.29 is 62.9 Å². The number of carbonyl (C=O) groups excluding carboxylic acids is 1. The van der Waals surface area contributed by atoms with Gasteiger partial charge in [0.15, 0.2) is 0 Å². The third kappa shape index (κ3) is 11.8. The smallest absolute Gasteiger partial charge is 0.417 e. The summed E-state index contributed by atoms with van der Waals surface area (Å²) in [7, 11) is 0. The number of hydrogen-bond acceptors (Lipinski definition) is 7. The Morgan fingerprint density at radius 3 is 1.83 bits per heavy atom. The van der Waals surface area contributed by atoms with Gasteiger partial charge in [-0.2, -0.15) is 26.3 Å². The summed E-state index contributed by atoms with van der Waals surface area (Å²) < 4.78 is 145. The highest BCUT2D eigenvalue weighted by molar-refractivity contribution is 5.68. The Morgan fingerprint density at radius 2 is 1.33 bits per heavy atom. The fraction of sp³-hybridized carbons (Fsp3) is 0.500. The fourth-order valence-electron chi connectivity index (χ4n) is 5.60. The Hall–Kier alpha value is -4.35. The minimum atomic E-state index is -4.53. The first-order chi connectivity index (χ1) is 24.2. The van der Waals surface area contributed by atoms with Gasteiger partial charge in [0.05, 0.1) is 30.3 Å². The van der Waals surface area contributed by atoms with Gasteiger partial charge >= 0.3 is 18.4 Å². The fourth-order valence-corrected chi connectivity index (χ4v) is 5.60. The monoisotopic (exact) mass is 754 g/mol. The summed E-state index contributed by atoms with van der Waals surface area (Å²) in [5.74, 6) is -6.83. The molecule has 4 atom stereocenters. The van der Waals surface area contributed by atoms with Gasteiger partial charge in [0.2, 0.25) is 11.8 Å². The number of piperidine rings is 2. The van der Waals surface area contributed by atoms with E-state index < -0.39 is 72.9 Å². The van der Waals surface area contributed by atoms with Crippen molar-refractivity contribution in [2.45, 2.75) is 69.6 Å². The Balaban J connectivity index is 0.000000251. The molecule has 0 radical (unpaired) electrons. The van der Waals surface area contributed by atoms with E-state index in [-0.39, 0.29) is 50.0 Å². The second kappa shape index (κ2) is 16.5. The van der Waals surface area contributed by atoms with Crippen molar-refractivity contribution in [2.75, 3.05) is 26.3 Å². The molecule has 4 heterocycles. The maximum absolute atomic E-state index is 14.1. The maximum atomic E-state index is 14.1. The molecule has 0 saturated carbocycles. The molecule has 0 spiro atoms. The van der Waals surface area contributed by atoms with Gasteiger partial charge < -0.3 is 19.5 Å². The Kier molecular flexibility index (Phi) is 12.9. The first kappa shape index (κ1) is 40.4. The van der Waals surface area contributed by atoms with E-state index in [1.54, 1.807) is 44.2 Å². The number of aromatic nitrogens is 2. The molecular formula is C34H36F10N4O4. The van der Waals surface area contributed by atoms with E-state index in [0.717, 1.165) is 29.2 Å². The molecule has 52 heavy (non-hydrogen) atoms. The molecule has 1 aromatic carbocycles. The normalized spacial score (nSPS) is 22.8. The molecule has 1 N–H and O–H groups in total. The number of carbonyl (C=O) groups is 1. The number of pyridine rings is 2. The van der Waals surface area contributed by atoms with Crippen molar-refractivity contribution >= 4 is 6.09 Å². The molecule has 1 amide bonds. The largest absolute Gasteiger partial charge is 0.476 e. The van der Waals surface area contributed by atoms with Crippen LogP contribution in [0.2, 0.25) is 0 Å². The highest BCUT2D eigenvalue weighted by Crippen LogP contribution is 2.36. The third-order valence-electron chi connectivity index (χ3n) is 8.39. The molecule has 18 heteroatoms. The summed E-state index contributed by atoms with van der Waals surface area (Å²) in [6.07, 6.45) is -9.28. The maximum Gasteiger partial charge on any atom is 0.417 e. The highest BCUT2D eigenvalue weighted by atomic mass is 19.4. The lowest BCUT2D eigenvalue weighted by atomic mass is 9.89. The zero-order valence-corrected chi connectivity index (χ0v) is 27.9. The molecule has 3 aromatic rings. The first-order valence-corrected chi connectivity index (χ1v) is 16.0. The quantitative estimate of drug-likeness (QED) is 0.232. The van der Waals surface area contributed by atoms with E-state index in [4.69, 9.17) is 14.2 Å². The van der Waals surface area contributed by atoms with Gasteiger partial charge in [0.1, 0.15) is 19.8 Å². The highest BCUT2D eigenvalue weighted by Gasteiger charge is 2.47. The van der Waals surface area contributed by atoms with Crippen LogP contribution in [0.3, 0.4) is 0 Å². The van der Waals surface area contributed by atoms with Crippen LogP contribution < -0.4 is 14.8 Å². The zero-order valence-electron chi connectivity index (χ0n) is 27.9. The van der Waals surface area contributed by atoms with E-state index in [9.17, 15) is 48.7 Å². The number of alkyl halides is 10. The predicted molar refractivity (Wildman–Crippen MR) is 166 cm³/mol. The number of ether oxygens (including phenoxy) is 3. The molecule has 2 aliphatic rings. The van der Waals surface area contributed by atoms with E-state index in [1.807, 2.05) is 0 Å². The third-order valence-corrected chi connectivity index (χ3v) is 8.39. The molecular weight excluding hydrogens is 718 g/mol. The summed E-state index contributed by atoms with van der Waals surface area (Å²) in [5, 5.41) is 2.68. The lowest BCUT2D eigenvalue weighted by Crippen LogP contribution is -2.57. The van der Waals surface area contributed by atoms with Gasteiger partial charge in [0.25, 0.3) is 11.8 Å². The van der Waals surface area contributed by atoms with E-state index in [0.29, 0.717) is 18.0 Å². The average molecular weight is 755 g/mol. The topological polar surface area (TPSA) is 85.8 Å². The Morgan fingerprint density at radius 1 is 0.788 bits per heavy atom. The molecule has 2 saturated heterocycles. The van der Waals surface area contributed by atoms with Crippen LogP contribution in [-0.2, 0) is 23.7 Å². The number of amides is 1. The van der Waals surface area contributed by atoms with Gasteiger partial charge in [0, 0.05) is 43.4 Å². The van der Waals surface area contributed by atoms with Crippen LogP contribution in [0.5, 0.6) is 11.8 Å². The number of rotatable bonds is 8. The van der Waals surface area contributed by atoms with Gasteiger partial charge in [-0.25, -0.2) is 32.3 Å². The van der Waals surface area contributed by atoms with Crippen molar-refractivity contribution in [3.63, 3.8) is 0 Å². The zero-order chi connectivity index (χ0) is 38.3. The lowest BCUT2D eigenvalue weighted by molar-refractivity contribution is -0.138. The number of hydrogen-bond donors (Lipinski definition) is 1. The van der Waals surface area contributed by atoms with E-state index in [1.165, 1.54) is 0 Å². The number of nitrogens with zero attached hydrogens (tertiary/aromatic N) is 3. The number of nitrogens with one attached hydrogen (secondary N) is 1. The SMILES string of the molecule is C[C@@H]1CC(F)(F)CN(C(=O)OCc2ccccc2)[C@@H]1COc1ccc(C(F)(F)F)cn1.C[C@@H]1CC(F)(F)CN[C@@H]1COc1ccc(C(F)(F)F)cn1. The van der Waals surface area contributed by atoms with Crippen LogP contribution in [-0.4, -0.2) is 71.2 Å².